The number of halogens is 1. The highest BCUT2D eigenvalue weighted by atomic mass is 127. The summed E-state index contributed by atoms with van der Waals surface area (Å²) in [6.45, 7) is 0.853. The molecule has 1 atom stereocenters. The van der Waals surface area contributed by atoms with Gasteiger partial charge in [-0.05, 0) is 64.4 Å². The fourth-order valence-electron chi connectivity index (χ4n) is 3.76. The number of hydrogen-bond donors (Lipinski definition) is 3. The van der Waals surface area contributed by atoms with Gasteiger partial charge in [-0.15, -0.1) is 0 Å². The van der Waals surface area contributed by atoms with Gasteiger partial charge in [-0.2, -0.15) is 0 Å². The summed E-state index contributed by atoms with van der Waals surface area (Å²) in [4.78, 5) is 50.0. The van der Waals surface area contributed by atoms with Crippen LogP contribution in [0.25, 0.3) is 0 Å². The second kappa shape index (κ2) is 9.04. The number of nitrogens with one attached hydrogen (secondary N) is 3. The fourth-order valence-corrected chi connectivity index (χ4v) is 4.36. The number of piperidine rings is 1. The first-order chi connectivity index (χ1) is 14.9. The normalized spacial score (nSPS) is 17.9. The van der Waals surface area contributed by atoms with Gasteiger partial charge >= 0.3 is 0 Å². The quantitative estimate of drug-likeness (QED) is 0.389. The van der Waals surface area contributed by atoms with Crippen LogP contribution in [0, 0.1) is 3.57 Å². The smallest absolute Gasteiger partial charge is 0.255 e. The fraction of sp³-hybridized carbons (Fsp3) is 0.273. The Morgan fingerprint density at radius 3 is 2.77 bits per heavy atom. The second-order valence-corrected chi connectivity index (χ2v) is 8.78. The van der Waals surface area contributed by atoms with Crippen LogP contribution in [0.4, 0.5) is 5.69 Å². The Kier molecular flexibility index (Phi) is 6.21. The van der Waals surface area contributed by atoms with Crippen molar-refractivity contribution in [2.75, 3.05) is 11.9 Å². The third kappa shape index (κ3) is 4.87. The number of amides is 4. The highest BCUT2D eigenvalue weighted by molar-refractivity contribution is 14.1. The van der Waals surface area contributed by atoms with Gasteiger partial charge in [0.1, 0.15) is 6.04 Å². The largest absolute Gasteiger partial charge is 0.376 e. The molecule has 2 aromatic carbocycles. The SMILES string of the molecule is O=C(CNc1ccc2c(c1)C(=O)N(C1CCC(=O)NC1=O)C2)NCc1cccc(I)c1. The molecule has 8 nitrogen and oxygen atoms in total. The zero-order valence-corrected chi connectivity index (χ0v) is 18.8. The first-order valence-corrected chi connectivity index (χ1v) is 11.0. The van der Waals surface area contributed by atoms with E-state index in [0.29, 0.717) is 30.8 Å². The molecular weight excluding hydrogens is 511 g/mol. The highest BCUT2D eigenvalue weighted by Gasteiger charge is 2.39. The number of benzene rings is 2. The predicted octanol–water partition coefficient (Wildman–Crippen LogP) is 1.78. The minimum atomic E-state index is -0.638. The molecule has 1 saturated heterocycles. The zero-order chi connectivity index (χ0) is 22.0. The average Bonchev–Trinajstić information content (AvgIpc) is 3.06. The van der Waals surface area contributed by atoms with E-state index in [4.69, 9.17) is 0 Å². The lowest BCUT2D eigenvalue weighted by Crippen LogP contribution is -2.52. The van der Waals surface area contributed by atoms with E-state index >= 15 is 0 Å². The van der Waals surface area contributed by atoms with Crippen LogP contribution < -0.4 is 16.0 Å². The lowest BCUT2D eigenvalue weighted by atomic mass is 10.0. The van der Waals surface area contributed by atoms with Gasteiger partial charge in [-0.1, -0.05) is 18.2 Å². The van der Waals surface area contributed by atoms with Crippen molar-refractivity contribution >= 4 is 51.9 Å². The third-order valence-corrected chi connectivity index (χ3v) is 6.03. The van der Waals surface area contributed by atoms with E-state index in [9.17, 15) is 19.2 Å². The number of imide groups is 1. The van der Waals surface area contributed by atoms with Gasteiger partial charge in [0.05, 0.1) is 6.54 Å². The summed E-state index contributed by atoms with van der Waals surface area (Å²) in [7, 11) is 0. The first-order valence-electron chi connectivity index (χ1n) is 9.93. The van der Waals surface area contributed by atoms with E-state index in [2.05, 4.69) is 38.5 Å². The number of carbonyl (C=O) groups excluding carboxylic acids is 4. The highest BCUT2D eigenvalue weighted by Crippen LogP contribution is 2.29. The molecule has 2 aliphatic rings. The topological polar surface area (TPSA) is 108 Å². The first kappa shape index (κ1) is 21.3. The molecule has 4 amide bonds. The molecule has 2 aromatic rings. The molecule has 0 radical (unpaired) electrons. The van der Waals surface area contributed by atoms with E-state index in [1.807, 2.05) is 36.4 Å². The number of anilines is 1. The van der Waals surface area contributed by atoms with Crippen LogP contribution in [-0.4, -0.2) is 41.1 Å². The Balaban J connectivity index is 1.34. The van der Waals surface area contributed by atoms with Crippen LogP contribution in [0.2, 0.25) is 0 Å². The molecule has 0 aliphatic carbocycles. The lowest BCUT2D eigenvalue weighted by molar-refractivity contribution is -0.137. The number of fused-ring (bicyclic) bond motifs is 1. The Morgan fingerprint density at radius 2 is 2.00 bits per heavy atom. The van der Waals surface area contributed by atoms with Crippen molar-refractivity contribution in [3.63, 3.8) is 0 Å². The van der Waals surface area contributed by atoms with Gasteiger partial charge in [-0.3, -0.25) is 24.5 Å². The Labute approximate surface area is 192 Å². The molecule has 4 rings (SSSR count). The molecule has 0 aromatic heterocycles. The van der Waals surface area contributed by atoms with Gasteiger partial charge in [0.15, 0.2) is 0 Å². The van der Waals surface area contributed by atoms with Crippen molar-refractivity contribution < 1.29 is 19.2 Å². The number of hydrogen-bond acceptors (Lipinski definition) is 5. The Morgan fingerprint density at radius 1 is 1.16 bits per heavy atom. The maximum Gasteiger partial charge on any atom is 0.255 e. The van der Waals surface area contributed by atoms with Gasteiger partial charge in [0.25, 0.3) is 5.91 Å². The summed E-state index contributed by atoms with van der Waals surface area (Å²) in [6.07, 6.45) is 0.552. The number of nitrogens with zero attached hydrogens (tertiary/aromatic N) is 1. The van der Waals surface area contributed by atoms with Crippen molar-refractivity contribution in [2.45, 2.75) is 32.0 Å². The van der Waals surface area contributed by atoms with E-state index in [0.717, 1.165) is 14.7 Å². The van der Waals surface area contributed by atoms with Crippen molar-refractivity contribution in [3.8, 4) is 0 Å². The van der Waals surface area contributed by atoms with Crippen molar-refractivity contribution in [1.29, 1.82) is 0 Å². The van der Waals surface area contributed by atoms with E-state index in [1.54, 1.807) is 6.07 Å². The maximum absolute atomic E-state index is 12.9. The predicted molar refractivity (Wildman–Crippen MR) is 122 cm³/mol. The molecule has 2 aliphatic heterocycles. The van der Waals surface area contributed by atoms with Crippen molar-refractivity contribution in [3.05, 3.63) is 62.7 Å². The van der Waals surface area contributed by atoms with Crippen LogP contribution in [0.5, 0.6) is 0 Å². The minimum absolute atomic E-state index is 0.0771. The lowest BCUT2D eigenvalue weighted by Gasteiger charge is -2.29. The monoisotopic (exact) mass is 532 g/mol. The van der Waals surface area contributed by atoms with Gasteiger partial charge < -0.3 is 15.5 Å². The summed E-state index contributed by atoms with van der Waals surface area (Å²) < 4.78 is 1.11. The van der Waals surface area contributed by atoms with Crippen molar-refractivity contribution in [1.82, 2.24) is 15.5 Å². The van der Waals surface area contributed by atoms with Crippen LogP contribution in [-0.2, 0) is 27.5 Å². The summed E-state index contributed by atoms with van der Waals surface area (Å²) in [6, 6.07) is 12.6. The van der Waals surface area contributed by atoms with E-state index in [-0.39, 0.29) is 30.7 Å². The molecular formula is C22H21IN4O4. The molecule has 3 N–H and O–H groups in total. The molecule has 0 saturated carbocycles. The summed E-state index contributed by atoms with van der Waals surface area (Å²) >= 11 is 2.23. The van der Waals surface area contributed by atoms with Gasteiger partial charge in [0.2, 0.25) is 17.7 Å². The van der Waals surface area contributed by atoms with E-state index in [1.165, 1.54) is 4.90 Å². The number of carbonyl (C=O) groups is 4. The van der Waals surface area contributed by atoms with Crippen LogP contribution in [0.1, 0.15) is 34.3 Å². The van der Waals surface area contributed by atoms with E-state index < -0.39 is 11.9 Å². The molecule has 1 unspecified atom stereocenters. The number of rotatable bonds is 6. The van der Waals surface area contributed by atoms with Crippen LogP contribution in [0.3, 0.4) is 0 Å². The average molecular weight is 532 g/mol. The summed E-state index contributed by atoms with van der Waals surface area (Å²) in [5.41, 5.74) is 3.01. The van der Waals surface area contributed by atoms with Crippen LogP contribution >= 0.6 is 22.6 Å². The second-order valence-electron chi connectivity index (χ2n) is 7.53. The zero-order valence-electron chi connectivity index (χ0n) is 16.6. The molecule has 31 heavy (non-hydrogen) atoms. The van der Waals surface area contributed by atoms with Crippen molar-refractivity contribution in [2.24, 2.45) is 0 Å². The Bertz CT molecular complexity index is 1070. The molecule has 9 heteroatoms. The summed E-state index contributed by atoms with van der Waals surface area (Å²) in [5.74, 6) is -1.13. The van der Waals surface area contributed by atoms with Crippen LogP contribution in [0.15, 0.2) is 42.5 Å². The molecule has 0 bridgehead atoms. The molecule has 1 fully saturated rings. The standard InChI is InChI=1S/C22H21IN4O4/c23-15-3-1-2-13(8-15)10-25-20(29)11-24-16-5-4-14-12-27(22(31)17(14)9-16)18-6-7-19(28)26-21(18)30/h1-5,8-9,18,24H,6-7,10-12H2,(H,25,29)(H,26,28,30). The third-order valence-electron chi connectivity index (χ3n) is 5.36. The van der Waals surface area contributed by atoms with Gasteiger partial charge in [0, 0.05) is 34.3 Å². The summed E-state index contributed by atoms with van der Waals surface area (Å²) in [5, 5.41) is 8.20. The minimum Gasteiger partial charge on any atom is -0.376 e. The van der Waals surface area contributed by atoms with Gasteiger partial charge in [-0.25, -0.2) is 0 Å². The molecule has 160 valence electrons. The Hall–Kier alpha value is -2.95. The maximum atomic E-state index is 12.9. The molecule has 2 heterocycles. The molecule has 0 spiro atoms.